The fourth-order valence-corrected chi connectivity index (χ4v) is 4.53. The van der Waals surface area contributed by atoms with Gasteiger partial charge in [-0.1, -0.05) is 54.1 Å². The summed E-state index contributed by atoms with van der Waals surface area (Å²) in [5.41, 5.74) is 12.9. The van der Waals surface area contributed by atoms with E-state index >= 15 is 0 Å². The number of hydrogen-bond acceptors (Lipinski definition) is 5. The largest absolute Gasteiger partial charge is 0.490 e. The van der Waals surface area contributed by atoms with E-state index in [2.05, 4.69) is 53.5 Å². The molecule has 1 aliphatic rings. The molecule has 0 saturated heterocycles. The molecular weight excluding hydrogens is 646 g/mol. The van der Waals surface area contributed by atoms with E-state index in [9.17, 15) is 31.1 Å². The molecule has 4 aromatic rings. The van der Waals surface area contributed by atoms with Crippen LogP contribution in [-0.4, -0.2) is 57.7 Å². The van der Waals surface area contributed by atoms with Gasteiger partial charge in [0.1, 0.15) is 5.84 Å². The third-order valence-electron chi connectivity index (χ3n) is 6.98. The molecule has 0 aliphatic carbocycles. The quantitative estimate of drug-likeness (QED) is 0.0917. The lowest BCUT2D eigenvalue weighted by atomic mass is 9.98. The number of anilines is 1. The fraction of sp³-hybridized carbons (Fsp3) is 0.212. The molecule has 1 amide bonds. The summed E-state index contributed by atoms with van der Waals surface area (Å²) in [7, 11) is 0. The average Bonchev–Trinajstić information content (AvgIpc) is 3.01. The van der Waals surface area contributed by atoms with E-state index in [1.807, 2.05) is 36.4 Å². The van der Waals surface area contributed by atoms with Gasteiger partial charge in [-0.15, -0.1) is 0 Å². The smallest absolute Gasteiger partial charge is 0.475 e. The predicted molar refractivity (Wildman–Crippen MR) is 166 cm³/mol. The number of carbonyl (C=O) groups excluding carboxylic acids is 1. The Morgan fingerprint density at radius 1 is 0.792 bits per heavy atom. The number of aliphatic carboxylic acids is 2. The molecule has 254 valence electrons. The average molecular weight is 677 g/mol. The van der Waals surface area contributed by atoms with Gasteiger partial charge in [-0.2, -0.15) is 26.3 Å². The van der Waals surface area contributed by atoms with Crippen molar-refractivity contribution in [2.24, 2.45) is 5.73 Å². The highest BCUT2D eigenvalue weighted by Crippen LogP contribution is 2.25. The molecule has 5 rings (SSSR count). The van der Waals surface area contributed by atoms with Crippen molar-refractivity contribution in [3.05, 3.63) is 112 Å². The van der Waals surface area contributed by atoms with Crippen LogP contribution in [0.1, 0.15) is 38.2 Å². The summed E-state index contributed by atoms with van der Waals surface area (Å²) >= 11 is 0. The summed E-state index contributed by atoms with van der Waals surface area (Å²) < 4.78 is 63.5. The Morgan fingerprint density at radius 2 is 1.31 bits per heavy atom. The predicted octanol–water partition coefficient (Wildman–Crippen LogP) is 6.51. The van der Waals surface area contributed by atoms with Crippen LogP contribution >= 0.6 is 0 Å². The van der Waals surface area contributed by atoms with E-state index in [0.717, 1.165) is 42.5 Å². The van der Waals surface area contributed by atoms with Gasteiger partial charge in [0.05, 0.1) is 0 Å². The van der Waals surface area contributed by atoms with Crippen molar-refractivity contribution in [3.63, 3.8) is 0 Å². The number of nitrogen functional groups attached to an aromatic ring is 1. The zero-order valence-electron chi connectivity index (χ0n) is 25.2. The maximum absolute atomic E-state index is 12.9. The van der Waals surface area contributed by atoms with E-state index in [-0.39, 0.29) is 11.7 Å². The second-order valence-corrected chi connectivity index (χ2v) is 10.7. The molecule has 15 heteroatoms. The second-order valence-electron chi connectivity index (χ2n) is 10.7. The molecule has 0 aromatic heterocycles. The van der Waals surface area contributed by atoms with Crippen molar-refractivity contribution < 1.29 is 50.9 Å². The van der Waals surface area contributed by atoms with Crippen molar-refractivity contribution in [3.8, 4) is 0 Å². The van der Waals surface area contributed by atoms with E-state index in [1.165, 1.54) is 22.3 Å². The Labute approximate surface area is 270 Å². The van der Waals surface area contributed by atoms with Crippen LogP contribution in [0.15, 0.2) is 78.9 Å². The number of nitrogens with one attached hydrogen (secondary N) is 2. The number of nitrogens with zero attached hydrogens (tertiary/aromatic N) is 1. The molecule has 1 heterocycles. The van der Waals surface area contributed by atoms with Gasteiger partial charge in [-0.25, -0.2) is 9.59 Å². The van der Waals surface area contributed by atoms with Crippen molar-refractivity contribution in [1.29, 1.82) is 5.41 Å². The first-order chi connectivity index (χ1) is 22.3. The first-order valence-electron chi connectivity index (χ1n) is 14.0. The van der Waals surface area contributed by atoms with Crippen LogP contribution in [0.4, 0.5) is 32.0 Å². The number of fused-ring (bicyclic) bond motifs is 2. The van der Waals surface area contributed by atoms with Gasteiger partial charge in [-0.3, -0.25) is 15.1 Å². The number of amides is 1. The van der Waals surface area contributed by atoms with Crippen LogP contribution in [-0.2, 0) is 29.1 Å². The van der Waals surface area contributed by atoms with Crippen LogP contribution in [0.25, 0.3) is 10.8 Å². The van der Waals surface area contributed by atoms with Gasteiger partial charge in [0.15, 0.2) is 0 Å². The SMILES string of the molecule is Cc1ccc(CN2CCc3cc(NC(=O)c4ccc5cc(C(=N)N)ccc5c4)ccc3C2)cc1.O=C(O)C(F)(F)F.O=C(O)C(F)(F)F. The van der Waals surface area contributed by atoms with Crippen LogP contribution < -0.4 is 11.1 Å². The fourth-order valence-electron chi connectivity index (χ4n) is 4.53. The minimum atomic E-state index is -5.08. The first-order valence-corrected chi connectivity index (χ1v) is 14.0. The third-order valence-corrected chi connectivity index (χ3v) is 6.98. The van der Waals surface area contributed by atoms with E-state index in [4.69, 9.17) is 30.9 Å². The summed E-state index contributed by atoms with van der Waals surface area (Å²) in [5.74, 6) is -5.61. The molecule has 1 aliphatic heterocycles. The first kappa shape index (κ1) is 37.0. The number of amidine groups is 1. The van der Waals surface area contributed by atoms with Crippen molar-refractivity contribution >= 4 is 40.1 Å². The van der Waals surface area contributed by atoms with Gasteiger partial charge in [0.25, 0.3) is 5.91 Å². The number of carbonyl (C=O) groups is 3. The highest BCUT2D eigenvalue weighted by molar-refractivity contribution is 6.07. The maximum atomic E-state index is 12.9. The normalized spacial score (nSPS) is 12.8. The second kappa shape index (κ2) is 15.4. The van der Waals surface area contributed by atoms with Crippen molar-refractivity contribution in [2.45, 2.75) is 38.8 Å². The van der Waals surface area contributed by atoms with Gasteiger partial charge >= 0.3 is 24.3 Å². The molecule has 0 radical (unpaired) electrons. The molecule has 0 atom stereocenters. The lowest BCUT2D eigenvalue weighted by Crippen LogP contribution is -2.30. The Bertz CT molecular complexity index is 1780. The van der Waals surface area contributed by atoms with Crippen LogP contribution in [0.3, 0.4) is 0 Å². The molecule has 0 unspecified atom stereocenters. The molecule has 6 N–H and O–H groups in total. The van der Waals surface area contributed by atoms with Crippen LogP contribution in [0, 0.1) is 12.3 Å². The summed E-state index contributed by atoms with van der Waals surface area (Å²) in [4.78, 5) is 33.2. The van der Waals surface area contributed by atoms with E-state index < -0.39 is 24.3 Å². The number of carboxylic acid groups (broad SMARTS) is 2. The summed E-state index contributed by atoms with van der Waals surface area (Å²) in [5, 5.41) is 26.8. The Morgan fingerprint density at radius 3 is 1.83 bits per heavy atom. The molecular formula is C33H30F6N4O5. The monoisotopic (exact) mass is 676 g/mol. The topological polar surface area (TPSA) is 157 Å². The molecule has 4 aromatic carbocycles. The van der Waals surface area contributed by atoms with Gasteiger partial charge < -0.3 is 21.3 Å². The minimum Gasteiger partial charge on any atom is -0.475 e. The van der Waals surface area contributed by atoms with Crippen molar-refractivity contribution in [1.82, 2.24) is 4.90 Å². The van der Waals surface area contributed by atoms with Gasteiger partial charge in [-0.05, 0) is 71.1 Å². The number of carboxylic acids is 2. The molecule has 0 fully saturated rings. The lowest BCUT2D eigenvalue weighted by Gasteiger charge is -2.29. The Kier molecular flexibility index (Phi) is 11.9. The third kappa shape index (κ3) is 10.8. The molecule has 0 saturated carbocycles. The molecule has 9 nitrogen and oxygen atoms in total. The van der Waals surface area contributed by atoms with E-state index in [1.54, 1.807) is 6.07 Å². The summed E-state index contributed by atoms with van der Waals surface area (Å²) in [6.45, 7) is 4.99. The number of halogens is 6. The number of hydrogen-bond donors (Lipinski definition) is 5. The number of aryl methyl sites for hydroxylation is 1. The van der Waals surface area contributed by atoms with E-state index in [0.29, 0.717) is 11.1 Å². The Balaban J connectivity index is 0.000000376. The highest BCUT2D eigenvalue weighted by atomic mass is 19.4. The van der Waals surface area contributed by atoms with Crippen molar-refractivity contribution in [2.75, 3.05) is 11.9 Å². The number of rotatable bonds is 5. The summed E-state index contributed by atoms with van der Waals surface area (Å²) in [6, 6.07) is 26.1. The summed E-state index contributed by atoms with van der Waals surface area (Å²) in [6.07, 6.45) is -9.20. The molecule has 0 spiro atoms. The zero-order chi connectivity index (χ0) is 35.8. The van der Waals surface area contributed by atoms with Gasteiger partial charge in [0.2, 0.25) is 0 Å². The van der Waals surface area contributed by atoms with Crippen LogP contribution in [0.2, 0.25) is 0 Å². The molecule has 0 bridgehead atoms. The molecule has 48 heavy (non-hydrogen) atoms. The van der Waals surface area contributed by atoms with Crippen LogP contribution in [0.5, 0.6) is 0 Å². The number of alkyl halides is 6. The highest BCUT2D eigenvalue weighted by Gasteiger charge is 2.38. The number of nitrogens with two attached hydrogens (primary N) is 1. The lowest BCUT2D eigenvalue weighted by molar-refractivity contribution is -0.193. The van der Waals surface area contributed by atoms with Gasteiger partial charge in [0, 0.05) is 36.4 Å². The standard InChI is InChI=1S/C29H28N4O.2C2HF3O2/c1-19-2-4-20(5-3-19)17-33-13-12-23-16-27(11-10-26(23)18-33)32-29(34)25-9-7-21-14-24(28(30)31)8-6-22(21)15-25;2*3-2(4,5)1(6)7/h2-11,14-16H,12-13,17-18H2,1H3,(H3,30,31)(H,32,34);2*(H,6,7). The maximum Gasteiger partial charge on any atom is 0.490 e. The zero-order valence-corrected chi connectivity index (χ0v) is 25.2. The number of benzene rings is 4. The Hall–Kier alpha value is -5.44. The minimum absolute atomic E-state index is 0.0365.